The van der Waals surface area contributed by atoms with Gasteiger partial charge in [0.25, 0.3) is 5.52 Å². The van der Waals surface area contributed by atoms with Crippen molar-refractivity contribution in [3.8, 4) is 0 Å². The van der Waals surface area contributed by atoms with Crippen LogP contribution in [0.15, 0.2) is 65.5 Å². The lowest BCUT2D eigenvalue weighted by Crippen LogP contribution is -3.00. The van der Waals surface area contributed by atoms with E-state index in [-0.39, 0.29) is 43.5 Å². The van der Waals surface area contributed by atoms with Gasteiger partial charge in [-0.25, -0.2) is 9.78 Å². The summed E-state index contributed by atoms with van der Waals surface area (Å²) in [5, 5.41) is 19.3. The van der Waals surface area contributed by atoms with E-state index in [1.54, 1.807) is 0 Å². The summed E-state index contributed by atoms with van der Waals surface area (Å²) in [6, 6.07) is 14.4. The zero-order chi connectivity index (χ0) is 25.9. The number of aromatic nitrogens is 3. The summed E-state index contributed by atoms with van der Waals surface area (Å²) in [6.07, 6.45) is 2.96. The van der Waals surface area contributed by atoms with E-state index < -0.39 is 23.8 Å². The number of halogens is 1. The number of nitrogens with zero attached hydrogens (tertiary/aromatic N) is 2. The summed E-state index contributed by atoms with van der Waals surface area (Å²) in [4.78, 5) is 43.0. The van der Waals surface area contributed by atoms with Crippen molar-refractivity contribution in [2.75, 3.05) is 18.4 Å². The van der Waals surface area contributed by atoms with Crippen LogP contribution in [0.4, 0.5) is 5.69 Å². The molecule has 0 aliphatic heterocycles. The van der Waals surface area contributed by atoms with Crippen molar-refractivity contribution >= 4 is 56.4 Å². The Morgan fingerprint density at radius 1 is 1.05 bits per heavy atom. The number of aromatic amines is 1. The SMILES string of the molecule is C[n+]1c2ccccc2c(NCC(=O)NCC(=O)NC(Cc2cnc[nH]2)C(=O)O)c2oc3ccccc3c21.[I-]. The Labute approximate surface area is 233 Å². The molecule has 1 unspecified atom stereocenters. The van der Waals surface area contributed by atoms with Crippen LogP contribution in [0.1, 0.15) is 5.69 Å². The van der Waals surface area contributed by atoms with Gasteiger partial charge >= 0.3 is 5.97 Å². The van der Waals surface area contributed by atoms with Gasteiger partial charge in [0.15, 0.2) is 0 Å². The maximum absolute atomic E-state index is 12.6. The van der Waals surface area contributed by atoms with Gasteiger partial charge in [-0.3, -0.25) is 9.59 Å². The van der Waals surface area contributed by atoms with Gasteiger partial charge in [0.05, 0.1) is 35.9 Å². The van der Waals surface area contributed by atoms with E-state index in [2.05, 4.69) is 30.5 Å². The lowest BCUT2D eigenvalue weighted by atomic mass is 10.1. The van der Waals surface area contributed by atoms with Gasteiger partial charge in [-0.15, -0.1) is 0 Å². The number of hydrogen-bond acceptors (Lipinski definition) is 6. The summed E-state index contributed by atoms with van der Waals surface area (Å²) in [6.45, 7) is -0.481. The molecule has 2 aromatic carbocycles. The van der Waals surface area contributed by atoms with Crippen LogP contribution in [0.25, 0.3) is 33.0 Å². The number of anilines is 1. The second-order valence-corrected chi connectivity index (χ2v) is 8.60. The molecular formula is C26H25IN6O5. The summed E-state index contributed by atoms with van der Waals surface area (Å²) in [5.41, 5.74) is 4.45. The van der Waals surface area contributed by atoms with Crippen molar-refractivity contribution in [1.82, 2.24) is 20.6 Å². The van der Waals surface area contributed by atoms with Crippen molar-refractivity contribution < 1.29 is 52.5 Å². The minimum absolute atomic E-state index is 0. The highest BCUT2D eigenvalue weighted by Crippen LogP contribution is 2.35. The topological polar surface area (TPSA) is 153 Å². The highest BCUT2D eigenvalue weighted by molar-refractivity contribution is 6.11. The number of pyridine rings is 1. The predicted octanol–water partition coefficient (Wildman–Crippen LogP) is -1.37. The van der Waals surface area contributed by atoms with Gasteiger partial charge in [0, 0.05) is 24.4 Å². The first-order valence-corrected chi connectivity index (χ1v) is 11.6. The van der Waals surface area contributed by atoms with Crippen LogP contribution in [0.5, 0.6) is 0 Å². The van der Waals surface area contributed by atoms with Crippen LogP contribution in [-0.4, -0.2) is 52.0 Å². The van der Waals surface area contributed by atoms with Crippen LogP contribution in [0.3, 0.4) is 0 Å². The third kappa shape index (κ3) is 5.39. The lowest BCUT2D eigenvalue weighted by Gasteiger charge is -2.14. The number of hydrogen-bond donors (Lipinski definition) is 5. The maximum atomic E-state index is 12.6. The Morgan fingerprint density at radius 3 is 2.53 bits per heavy atom. The van der Waals surface area contributed by atoms with Gasteiger partial charge in [0.2, 0.25) is 22.9 Å². The molecule has 0 bridgehead atoms. The maximum Gasteiger partial charge on any atom is 0.326 e. The van der Waals surface area contributed by atoms with Crippen LogP contribution in [-0.2, 0) is 27.9 Å². The number of nitrogens with one attached hydrogen (secondary N) is 4. The van der Waals surface area contributed by atoms with Crippen molar-refractivity contribution in [1.29, 1.82) is 0 Å². The first-order chi connectivity index (χ1) is 17.9. The molecule has 0 aliphatic rings. The molecule has 5 aromatic rings. The molecule has 0 aliphatic carbocycles. The number of furan rings is 1. The minimum Gasteiger partial charge on any atom is -1.00 e. The fraction of sp³-hybridized carbons (Fsp3) is 0.192. The van der Waals surface area contributed by atoms with E-state index in [1.807, 2.05) is 55.6 Å². The zero-order valence-corrected chi connectivity index (χ0v) is 22.5. The molecule has 0 radical (unpaired) electrons. The molecule has 3 aromatic heterocycles. The summed E-state index contributed by atoms with van der Waals surface area (Å²) in [5.74, 6) is -2.23. The Kier molecular flexibility index (Phi) is 8.10. The van der Waals surface area contributed by atoms with Crippen molar-refractivity contribution in [3.05, 3.63) is 66.7 Å². The number of aryl methyl sites for hydroxylation is 1. The number of benzene rings is 2. The summed E-state index contributed by atoms with van der Waals surface area (Å²) < 4.78 is 8.23. The normalized spacial score (nSPS) is 11.7. The molecule has 0 saturated heterocycles. The quantitative estimate of drug-likeness (QED) is 0.0998. The largest absolute Gasteiger partial charge is 1.00 e. The van der Waals surface area contributed by atoms with Gasteiger partial charge in [-0.2, -0.15) is 4.57 Å². The van der Waals surface area contributed by atoms with E-state index in [4.69, 9.17) is 4.42 Å². The number of fused-ring (bicyclic) bond motifs is 4. The molecular weight excluding hydrogens is 603 g/mol. The number of carbonyl (C=O) groups excluding carboxylic acids is 2. The average molecular weight is 628 g/mol. The molecule has 5 N–H and O–H groups in total. The number of H-pyrrole nitrogens is 1. The predicted molar refractivity (Wildman–Crippen MR) is 136 cm³/mol. The standard InChI is InChI=1S/C26H24N6O5.HI/c1-32-19-8-4-2-6-16(19)23(25-24(32)17-7-3-5-9-20(17)37-25)29-12-21(33)28-13-22(34)31-18(26(35)36)10-15-11-27-14-30-15;/h2-9,11,14,18H,10,12-13H2,1H3,(H4,27,28,30,31,33,34,35,36);1H. The first kappa shape index (κ1) is 26.9. The second-order valence-electron chi connectivity index (χ2n) is 8.60. The van der Waals surface area contributed by atoms with Gasteiger partial charge in [-0.05, 0) is 18.2 Å². The molecule has 12 heteroatoms. The number of aliphatic carboxylic acids is 1. The Morgan fingerprint density at radius 2 is 1.79 bits per heavy atom. The van der Waals surface area contributed by atoms with Crippen molar-refractivity contribution in [2.24, 2.45) is 7.05 Å². The van der Waals surface area contributed by atoms with E-state index in [9.17, 15) is 19.5 Å². The average Bonchev–Trinajstić information content (AvgIpc) is 3.55. The van der Waals surface area contributed by atoms with Gasteiger partial charge < -0.3 is 54.4 Å². The smallest absolute Gasteiger partial charge is 0.326 e. The van der Waals surface area contributed by atoms with E-state index >= 15 is 0 Å². The minimum atomic E-state index is -1.19. The van der Waals surface area contributed by atoms with Crippen molar-refractivity contribution in [2.45, 2.75) is 12.5 Å². The van der Waals surface area contributed by atoms with Crippen LogP contribution < -0.4 is 44.5 Å². The Hall–Kier alpha value is -4.20. The number of amides is 2. The molecule has 0 saturated carbocycles. The number of rotatable bonds is 9. The molecule has 2 amide bonds. The fourth-order valence-electron chi connectivity index (χ4n) is 4.40. The second kappa shape index (κ2) is 11.5. The summed E-state index contributed by atoms with van der Waals surface area (Å²) in [7, 11) is 1.97. The third-order valence-electron chi connectivity index (χ3n) is 6.15. The first-order valence-electron chi connectivity index (χ1n) is 11.6. The molecule has 196 valence electrons. The highest BCUT2D eigenvalue weighted by Gasteiger charge is 2.25. The molecule has 1 atom stereocenters. The van der Waals surface area contributed by atoms with Gasteiger partial charge in [0.1, 0.15) is 18.7 Å². The number of para-hydroxylation sites is 2. The zero-order valence-electron chi connectivity index (χ0n) is 20.3. The highest BCUT2D eigenvalue weighted by atomic mass is 127. The lowest BCUT2D eigenvalue weighted by molar-refractivity contribution is -0.616. The summed E-state index contributed by atoms with van der Waals surface area (Å²) >= 11 is 0. The van der Waals surface area contributed by atoms with E-state index in [1.165, 1.54) is 12.5 Å². The molecule has 38 heavy (non-hydrogen) atoms. The molecule has 3 heterocycles. The van der Waals surface area contributed by atoms with E-state index in [0.29, 0.717) is 17.0 Å². The van der Waals surface area contributed by atoms with Gasteiger partial charge in [-0.1, -0.05) is 24.3 Å². The molecule has 11 nitrogen and oxygen atoms in total. The molecule has 0 spiro atoms. The Bertz CT molecular complexity index is 1630. The Balaban J connectivity index is 0.00000336. The number of carboxylic acids is 1. The number of imidazole rings is 1. The van der Waals surface area contributed by atoms with E-state index in [0.717, 1.165) is 27.4 Å². The van der Waals surface area contributed by atoms with Crippen LogP contribution in [0, 0.1) is 0 Å². The number of carboxylic acid groups (broad SMARTS) is 1. The van der Waals surface area contributed by atoms with Crippen molar-refractivity contribution in [3.63, 3.8) is 0 Å². The van der Waals surface area contributed by atoms with Crippen LogP contribution in [0.2, 0.25) is 0 Å². The van der Waals surface area contributed by atoms with Crippen LogP contribution >= 0.6 is 0 Å². The molecule has 5 rings (SSSR count). The molecule has 0 fully saturated rings. The third-order valence-corrected chi connectivity index (χ3v) is 6.15. The number of carbonyl (C=O) groups is 3. The fourth-order valence-corrected chi connectivity index (χ4v) is 4.40. The monoisotopic (exact) mass is 628 g/mol.